The Morgan fingerprint density at radius 2 is 2.05 bits per heavy atom. The number of thiazole rings is 1. The molecule has 1 N–H and O–H groups in total. The molecular formula is C27H37N9O2S. The van der Waals surface area contributed by atoms with Gasteiger partial charge in [-0.05, 0) is 32.0 Å². The maximum absolute atomic E-state index is 12.9. The number of pyridine rings is 1. The fraction of sp³-hybridized carbons (Fsp3) is 0.519. The van der Waals surface area contributed by atoms with Crippen LogP contribution in [0, 0.1) is 0 Å². The molecule has 0 unspecified atom stereocenters. The number of amides is 1. The molecule has 1 fully saturated rings. The molecule has 1 amide bonds. The lowest BCUT2D eigenvalue weighted by atomic mass is 9.97. The van der Waals surface area contributed by atoms with E-state index < -0.39 is 0 Å². The lowest BCUT2D eigenvalue weighted by Crippen LogP contribution is -2.55. The van der Waals surface area contributed by atoms with Crippen molar-refractivity contribution < 1.29 is 9.53 Å². The maximum atomic E-state index is 12.9. The van der Waals surface area contributed by atoms with E-state index in [9.17, 15) is 4.79 Å². The summed E-state index contributed by atoms with van der Waals surface area (Å²) in [6, 6.07) is 2.16. The van der Waals surface area contributed by atoms with E-state index in [4.69, 9.17) is 14.8 Å². The molecule has 39 heavy (non-hydrogen) atoms. The van der Waals surface area contributed by atoms with E-state index in [0.29, 0.717) is 24.5 Å². The van der Waals surface area contributed by atoms with Gasteiger partial charge in [0.1, 0.15) is 16.3 Å². The molecule has 1 atom stereocenters. The number of aromatic amines is 1. The van der Waals surface area contributed by atoms with Gasteiger partial charge in [-0.3, -0.25) is 14.8 Å². The predicted molar refractivity (Wildman–Crippen MR) is 153 cm³/mol. The first-order valence-corrected chi connectivity index (χ1v) is 14.3. The first-order valence-electron chi connectivity index (χ1n) is 13.5. The molecule has 0 aromatic carbocycles. The van der Waals surface area contributed by atoms with Gasteiger partial charge < -0.3 is 14.5 Å². The van der Waals surface area contributed by atoms with Crippen LogP contribution in [0.1, 0.15) is 46.1 Å². The van der Waals surface area contributed by atoms with E-state index in [1.54, 1.807) is 23.0 Å². The van der Waals surface area contributed by atoms with Gasteiger partial charge in [0, 0.05) is 43.0 Å². The summed E-state index contributed by atoms with van der Waals surface area (Å²) in [5.41, 5.74) is 4.43. The third-order valence-corrected chi connectivity index (χ3v) is 8.49. The standard InChI is InChI=1S/C27H37N9O2S/c1-7-33(8-2)15-21(37)34-9-10-35(18(5)13-34)22-12-28-27(39-22)25-23(17(3)4)24(31-32-25)19-11-20(38-6)26-29-16-30-36(26)14-19/h11-12,14,16-18H,7-10,13,15H2,1-6H3,(H,31,32)/t18-/m1/s1. The first kappa shape index (κ1) is 27.1. The number of nitrogens with zero attached hydrogens (tertiary/aromatic N) is 8. The molecule has 12 heteroatoms. The molecule has 1 aliphatic rings. The SMILES string of the molecule is CCN(CC)CC(=O)N1CCN(c2cnc(-c3[nH]nc(-c4cc(OC)c5ncnn5c4)c3C(C)C)s2)[C@H](C)C1. The maximum Gasteiger partial charge on any atom is 0.236 e. The van der Waals surface area contributed by atoms with Crippen molar-refractivity contribution in [1.82, 2.24) is 39.6 Å². The molecule has 0 aliphatic carbocycles. The number of anilines is 1. The number of carbonyl (C=O) groups excluding carboxylic acids is 1. The smallest absolute Gasteiger partial charge is 0.236 e. The second kappa shape index (κ2) is 11.3. The molecular weight excluding hydrogens is 514 g/mol. The molecule has 208 valence electrons. The zero-order valence-corrected chi connectivity index (χ0v) is 24.3. The van der Waals surface area contributed by atoms with E-state index in [1.165, 1.54) is 6.33 Å². The normalized spacial score (nSPS) is 16.2. The average Bonchev–Trinajstić information content (AvgIpc) is 3.69. The molecule has 1 aliphatic heterocycles. The van der Waals surface area contributed by atoms with E-state index in [-0.39, 0.29) is 17.9 Å². The van der Waals surface area contributed by atoms with Crippen molar-refractivity contribution in [3.8, 4) is 27.7 Å². The van der Waals surface area contributed by atoms with Crippen molar-refractivity contribution in [3.05, 3.63) is 30.4 Å². The Morgan fingerprint density at radius 1 is 1.26 bits per heavy atom. The quantitative estimate of drug-likeness (QED) is 0.335. The van der Waals surface area contributed by atoms with Gasteiger partial charge in [0.2, 0.25) is 5.91 Å². The van der Waals surface area contributed by atoms with Crippen LogP contribution in [0.25, 0.3) is 27.6 Å². The zero-order valence-electron chi connectivity index (χ0n) is 23.5. The van der Waals surface area contributed by atoms with Crippen LogP contribution in [-0.2, 0) is 4.79 Å². The summed E-state index contributed by atoms with van der Waals surface area (Å²) in [5.74, 6) is 1.06. The fourth-order valence-corrected chi connectivity index (χ4v) is 6.29. The molecule has 5 rings (SSSR count). The van der Waals surface area contributed by atoms with Crippen molar-refractivity contribution in [2.45, 2.75) is 46.6 Å². The Labute approximate surface area is 232 Å². The van der Waals surface area contributed by atoms with Gasteiger partial charge in [-0.1, -0.05) is 39.0 Å². The third kappa shape index (κ3) is 5.22. The summed E-state index contributed by atoms with van der Waals surface area (Å²) in [6.07, 6.45) is 5.38. The number of piperazine rings is 1. The molecule has 0 spiro atoms. The van der Waals surface area contributed by atoms with Gasteiger partial charge >= 0.3 is 0 Å². The van der Waals surface area contributed by atoms with Crippen molar-refractivity contribution in [2.24, 2.45) is 0 Å². The minimum Gasteiger partial charge on any atom is -0.493 e. The topological polar surface area (TPSA) is 108 Å². The van der Waals surface area contributed by atoms with Crippen LogP contribution in [0.3, 0.4) is 0 Å². The Hall–Kier alpha value is -3.51. The minimum atomic E-state index is 0.205. The summed E-state index contributed by atoms with van der Waals surface area (Å²) in [5, 5.41) is 14.3. The summed E-state index contributed by atoms with van der Waals surface area (Å²) in [4.78, 5) is 28.5. The van der Waals surface area contributed by atoms with Gasteiger partial charge in [-0.15, -0.1) is 0 Å². The van der Waals surface area contributed by atoms with Gasteiger partial charge in [0.05, 0.1) is 31.2 Å². The lowest BCUT2D eigenvalue weighted by molar-refractivity contribution is -0.133. The monoisotopic (exact) mass is 551 g/mol. The van der Waals surface area contributed by atoms with Crippen LogP contribution >= 0.6 is 11.3 Å². The van der Waals surface area contributed by atoms with Crippen LogP contribution in [0.4, 0.5) is 5.00 Å². The van der Waals surface area contributed by atoms with Crippen LogP contribution in [0.2, 0.25) is 0 Å². The fourth-order valence-electron chi connectivity index (χ4n) is 5.24. The first-order chi connectivity index (χ1) is 18.8. The number of methoxy groups -OCH3 is 1. The van der Waals surface area contributed by atoms with Crippen molar-refractivity contribution in [2.75, 3.05) is 51.3 Å². The Kier molecular flexibility index (Phi) is 7.85. The number of aromatic nitrogens is 6. The zero-order chi connectivity index (χ0) is 27.7. The van der Waals surface area contributed by atoms with E-state index in [2.05, 4.69) is 59.6 Å². The number of nitrogens with one attached hydrogen (secondary N) is 1. The average molecular weight is 552 g/mol. The lowest BCUT2D eigenvalue weighted by Gasteiger charge is -2.40. The number of rotatable bonds is 9. The molecule has 5 heterocycles. The second-order valence-corrected chi connectivity index (χ2v) is 11.2. The van der Waals surface area contributed by atoms with Crippen molar-refractivity contribution in [3.63, 3.8) is 0 Å². The van der Waals surface area contributed by atoms with Crippen LogP contribution < -0.4 is 9.64 Å². The highest BCUT2D eigenvalue weighted by molar-refractivity contribution is 7.18. The molecule has 1 saturated heterocycles. The highest BCUT2D eigenvalue weighted by atomic mass is 32.1. The van der Waals surface area contributed by atoms with Crippen LogP contribution in [0.5, 0.6) is 5.75 Å². The summed E-state index contributed by atoms with van der Waals surface area (Å²) in [7, 11) is 1.63. The number of H-pyrrole nitrogens is 1. The number of ether oxygens (including phenoxy) is 1. The largest absolute Gasteiger partial charge is 0.493 e. The second-order valence-electron chi connectivity index (χ2n) is 10.2. The Bertz CT molecular complexity index is 1440. The van der Waals surface area contributed by atoms with Gasteiger partial charge in [0.15, 0.2) is 11.4 Å². The highest BCUT2D eigenvalue weighted by Crippen LogP contribution is 2.40. The molecule has 0 radical (unpaired) electrons. The predicted octanol–water partition coefficient (Wildman–Crippen LogP) is 3.75. The van der Waals surface area contributed by atoms with E-state index in [1.807, 2.05) is 23.4 Å². The number of fused-ring (bicyclic) bond motifs is 1. The number of likely N-dealkylation sites (N-methyl/N-ethyl adjacent to an activating group) is 1. The number of carbonyl (C=O) groups is 1. The molecule has 4 aromatic heterocycles. The van der Waals surface area contributed by atoms with E-state index in [0.717, 1.165) is 58.7 Å². The summed E-state index contributed by atoms with van der Waals surface area (Å²) >= 11 is 1.66. The van der Waals surface area contributed by atoms with Gasteiger partial charge in [0.25, 0.3) is 0 Å². The number of hydrogen-bond donors (Lipinski definition) is 1. The molecule has 0 bridgehead atoms. The Morgan fingerprint density at radius 3 is 2.74 bits per heavy atom. The van der Waals surface area contributed by atoms with Gasteiger partial charge in [-0.25, -0.2) is 14.5 Å². The molecule has 4 aromatic rings. The van der Waals surface area contributed by atoms with Gasteiger partial charge in [-0.2, -0.15) is 10.2 Å². The Balaban J connectivity index is 1.38. The van der Waals surface area contributed by atoms with Crippen molar-refractivity contribution >= 4 is 27.9 Å². The van der Waals surface area contributed by atoms with E-state index >= 15 is 0 Å². The number of hydrogen-bond acceptors (Lipinski definition) is 9. The molecule has 0 saturated carbocycles. The summed E-state index contributed by atoms with van der Waals surface area (Å²) < 4.78 is 7.28. The highest BCUT2D eigenvalue weighted by Gasteiger charge is 2.29. The van der Waals surface area contributed by atoms with Crippen molar-refractivity contribution in [1.29, 1.82) is 0 Å². The molecule has 11 nitrogen and oxygen atoms in total. The van der Waals surface area contributed by atoms with Crippen LogP contribution in [0.15, 0.2) is 24.8 Å². The van der Waals surface area contributed by atoms with Crippen LogP contribution in [-0.4, -0.2) is 97.9 Å². The minimum absolute atomic E-state index is 0.205. The third-order valence-electron chi connectivity index (χ3n) is 7.44. The summed E-state index contributed by atoms with van der Waals surface area (Å²) in [6.45, 7) is 15.2.